The van der Waals surface area contributed by atoms with Crippen molar-refractivity contribution in [1.82, 2.24) is 0 Å². The van der Waals surface area contributed by atoms with E-state index in [1.54, 1.807) is 18.2 Å². The number of phenols is 1. The molecule has 1 aliphatic heterocycles. The molecule has 12 heteroatoms. The number of hydrogen-bond acceptors (Lipinski definition) is 12. The monoisotopic (exact) mass is 540 g/mol. The summed E-state index contributed by atoms with van der Waals surface area (Å²) in [6, 6.07) is 9.52. The normalized spacial score (nSPS) is 25.0. The van der Waals surface area contributed by atoms with E-state index in [0.717, 1.165) is 5.56 Å². The maximum atomic E-state index is 10.8. The van der Waals surface area contributed by atoms with Crippen molar-refractivity contribution in [3.63, 3.8) is 0 Å². The summed E-state index contributed by atoms with van der Waals surface area (Å²) >= 11 is 0. The first-order valence-corrected chi connectivity index (χ1v) is 12.2. The predicted octanol–water partition coefficient (Wildman–Crippen LogP) is -0.368. The van der Waals surface area contributed by atoms with Gasteiger partial charge in [0.15, 0.2) is 35.4 Å². The van der Waals surface area contributed by atoms with Crippen LogP contribution in [-0.4, -0.2) is 107 Å². The number of aromatic hydroxyl groups is 1. The van der Waals surface area contributed by atoms with Crippen LogP contribution in [0.4, 0.5) is 0 Å². The van der Waals surface area contributed by atoms with E-state index in [1.165, 1.54) is 32.4 Å². The van der Waals surface area contributed by atoms with Crippen LogP contribution < -0.4 is 14.2 Å². The van der Waals surface area contributed by atoms with Gasteiger partial charge >= 0.3 is 0 Å². The van der Waals surface area contributed by atoms with Crippen LogP contribution in [0.25, 0.3) is 0 Å². The molecule has 0 radical (unpaired) electrons. The zero-order chi connectivity index (χ0) is 27.8. The molecule has 3 rings (SSSR count). The van der Waals surface area contributed by atoms with E-state index in [1.807, 2.05) is 0 Å². The maximum absolute atomic E-state index is 10.8. The third kappa shape index (κ3) is 7.04. The molecule has 0 saturated carbocycles. The minimum atomic E-state index is -1.50. The standard InChI is InChI=1S/C26H36O12/c1-34-18-11-15(6-7-16(18)29)22(30)20(12-27)37-17-8-5-14(10-19(17)35-2)4-3-9-36-26-25(33)24(32)23(31)21(13-28)38-26/h5-8,10-11,20-33H,3-4,9,12-13H2,1-2H3/t20-,21-,22+,23-,24+,25-,26-/m0/s1. The number of aliphatic hydroxyl groups is 6. The van der Waals surface area contributed by atoms with Crippen molar-refractivity contribution in [1.29, 1.82) is 0 Å². The van der Waals surface area contributed by atoms with E-state index in [9.17, 15) is 35.7 Å². The van der Waals surface area contributed by atoms with Gasteiger partial charge in [-0.1, -0.05) is 12.1 Å². The quantitative estimate of drug-likeness (QED) is 0.164. The molecule has 2 aromatic rings. The van der Waals surface area contributed by atoms with Crippen molar-refractivity contribution >= 4 is 0 Å². The largest absolute Gasteiger partial charge is 0.504 e. The number of rotatable bonds is 13. The van der Waals surface area contributed by atoms with Crippen LogP contribution in [0.3, 0.4) is 0 Å². The summed E-state index contributed by atoms with van der Waals surface area (Å²) in [5.74, 6) is 0.778. The SMILES string of the molecule is COc1cc([C@@H](O)[C@H](CO)Oc2ccc(CCCO[C@H]3O[C@@H](CO)[C@H](O)[C@@H](O)[C@@H]3O)cc2OC)ccc1O. The van der Waals surface area contributed by atoms with Crippen LogP contribution >= 0.6 is 0 Å². The first kappa shape index (κ1) is 29.9. The van der Waals surface area contributed by atoms with Crippen LogP contribution in [0.5, 0.6) is 23.0 Å². The average Bonchev–Trinajstić information content (AvgIpc) is 2.94. The number of aryl methyl sites for hydroxylation is 1. The van der Waals surface area contributed by atoms with E-state index in [4.69, 9.17) is 23.7 Å². The molecule has 0 aromatic heterocycles. The molecule has 2 aromatic carbocycles. The van der Waals surface area contributed by atoms with Crippen LogP contribution in [0, 0.1) is 0 Å². The summed E-state index contributed by atoms with van der Waals surface area (Å²) in [4.78, 5) is 0. The van der Waals surface area contributed by atoms with E-state index < -0.39 is 56.1 Å². The molecule has 0 bridgehead atoms. The Bertz CT molecular complexity index is 1020. The van der Waals surface area contributed by atoms with Gasteiger partial charge in [0.25, 0.3) is 0 Å². The Balaban J connectivity index is 1.58. The molecular formula is C26H36O12. The van der Waals surface area contributed by atoms with Crippen molar-refractivity contribution in [2.45, 2.75) is 55.8 Å². The second-order valence-corrected chi connectivity index (χ2v) is 8.87. The Hall–Kier alpha value is -2.68. The van der Waals surface area contributed by atoms with Crippen molar-refractivity contribution < 1.29 is 59.4 Å². The summed E-state index contributed by atoms with van der Waals surface area (Å²) in [5, 5.41) is 69.4. The molecule has 0 unspecified atom stereocenters. The minimum Gasteiger partial charge on any atom is -0.504 e. The lowest BCUT2D eigenvalue weighted by Gasteiger charge is -2.39. The lowest BCUT2D eigenvalue weighted by Crippen LogP contribution is -2.59. The van der Waals surface area contributed by atoms with Crippen molar-refractivity contribution in [3.05, 3.63) is 47.5 Å². The number of ether oxygens (including phenoxy) is 5. The highest BCUT2D eigenvalue weighted by atomic mass is 16.7. The van der Waals surface area contributed by atoms with Crippen LogP contribution in [-0.2, 0) is 15.9 Å². The highest BCUT2D eigenvalue weighted by Crippen LogP contribution is 2.34. The summed E-state index contributed by atoms with van der Waals surface area (Å²) in [5.41, 5.74) is 1.25. The van der Waals surface area contributed by atoms with Crippen LogP contribution in [0.2, 0.25) is 0 Å². The zero-order valence-corrected chi connectivity index (χ0v) is 21.2. The molecule has 1 fully saturated rings. The molecule has 38 heavy (non-hydrogen) atoms. The Kier molecular flexibility index (Phi) is 10.9. The molecule has 0 amide bonds. The van der Waals surface area contributed by atoms with Gasteiger partial charge in [-0.25, -0.2) is 0 Å². The molecule has 1 aliphatic rings. The van der Waals surface area contributed by atoms with Gasteiger partial charge in [0.2, 0.25) is 0 Å². The first-order chi connectivity index (χ1) is 18.2. The van der Waals surface area contributed by atoms with E-state index in [-0.39, 0.29) is 18.1 Å². The number of aliphatic hydroxyl groups excluding tert-OH is 6. The Morgan fingerprint density at radius 3 is 2.29 bits per heavy atom. The van der Waals surface area contributed by atoms with Gasteiger partial charge in [-0.05, 0) is 48.2 Å². The maximum Gasteiger partial charge on any atom is 0.186 e. The molecule has 0 spiro atoms. The highest BCUT2D eigenvalue weighted by molar-refractivity contribution is 5.44. The molecule has 1 saturated heterocycles. The topological polar surface area (TPSA) is 188 Å². The van der Waals surface area contributed by atoms with Crippen LogP contribution in [0.15, 0.2) is 36.4 Å². The van der Waals surface area contributed by atoms with Crippen molar-refractivity contribution in [3.8, 4) is 23.0 Å². The van der Waals surface area contributed by atoms with Gasteiger partial charge in [-0.3, -0.25) is 0 Å². The Morgan fingerprint density at radius 2 is 1.63 bits per heavy atom. The molecule has 212 valence electrons. The van der Waals surface area contributed by atoms with Gasteiger partial charge in [-0.15, -0.1) is 0 Å². The molecule has 1 heterocycles. The van der Waals surface area contributed by atoms with E-state index in [0.29, 0.717) is 29.9 Å². The third-order valence-corrected chi connectivity index (χ3v) is 6.32. The van der Waals surface area contributed by atoms with Gasteiger partial charge in [0.1, 0.15) is 30.5 Å². The smallest absolute Gasteiger partial charge is 0.186 e. The average molecular weight is 541 g/mol. The van der Waals surface area contributed by atoms with Gasteiger partial charge in [0, 0.05) is 0 Å². The lowest BCUT2D eigenvalue weighted by molar-refractivity contribution is -0.301. The fourth-order valence-electron chi connectivity index (χ4n) is 4.10. The molecular weight excluding hydrogens is 504 g/mol. The Morgan fingerprint density at radius 1 is 0.895 bits per heavy atom. The molecule has 0 aliphatic carbocycles. The van der Waals surface area contributed by atoms with Gasteiger partial charge in [0.05, 0.1) is 34.0 Å². The minimum absolute atomic E-state index is 0.0826. The van der Waals surface area contributed by atoms with Crippen molar-refractivity contribution in [2.24, 2.45) is 0 Å². The second-order valence-electron chi connectivity index (χ2n) is 8.87. The second kappa shape index (κ2) is 13.9. The number of benzene rings is 2. The first-order valence-electron chi connectivity index (χ1n) is 12.2. The summed E-state index contributed by atoms with van der Waals surface area (Å²) < 4.78 is 27.2. The summed E-state index contributed by atoms with van der Waals surface area (Å²) in [7, 11) is 2.85. The van der Waals surface area contributed by atoms with E-state index in [2.05, 4.69) is 0 Å². The molecule has 7 atom stereocenters. The fraction of sp³-hybridized carbons (Fsp3) is 0.538. The molecule has 12 nitrogen and oxygen atoms in total. The molecule has 7 N–H and O–H groups in total. The van der Waals surface area contributed by atoms with Crippen molar-refractivity contribution in [2.75, 3.05) is 34.0 Å². The van der Waals surface area contributed by atoms with Gasteiger partial charge < -0.3 is 59.4 Å². The number of methoxy groups -OCH3 is 2. The lowest BCUT2D eigenvalue weighted by atomic mass is 9.99. The van der Waals surface area contributed by atoms with Crippen LogP contribution in [0.1, 0.15) is 23.7 Å². The summed E-state index contributed by atoms with van der Waals surface area (Å²) in [6.07, 6.45) is -7.82. The third-order valence-electron chi connectivity index (χ3n) is 6.32. The summed E-state index contributed by atoms with van der Waals surface area (Å²) in [6.45, 7) is -0.862. The number of phenolic OH excluding ortho intramolecular Hbond substituents is 1. The fourth-order valence-corrected chi connectivity index (χ4v) is 4.10. The van der Waals surface area contributed by atoms with Gasteiger partial charge in [-0.2, -0.15) is 0 Å². The van der Waals surface area contributed by atoms with E-state index >= 15 is 0 Å². The predicted molar refractivity (Wildman–Crippen MR) is 132 cm³/mol. The number of hydrogen-bond donors (Lipinski definition) is 7. The Labute approximate surface area is 220 Å². The zero-order valence-electron chi connectivity index (χ0n) is 21.2. The highest BCUT2D eigenvalue weighted by Gasteiger charge is 2.43.